The number of aryl methyl sites for hydroxylation is 1. The van der Waals surface area contributed by atoms with E-state index in [2.05, 4.69) is 5.10 Å². The second kappa shape index (κ2) is 8.31. The first kappa shape index (κ1) is 21.1. The van der Waals surface area contributed by atoms with Crippen LogP contribution in [-0.4, -0.2) is 26.8 Å². The van der Waals surface area contributed by atoms with Crippen LogP contribution in [0.1, 0.15) is 26.3 Å². The van der Waals surface area contributed by atoms with Crippen LogP contribution in [0.25, 0.3) is 32.6 Å². The van der Waals surface area contributed by atoms with Gasteiger partial charge in [-0.3, -0.25) is 4.79 Å². The minimum atomic E-state index is -0.998. The number of hydrogen-bond acceptors (Lipinski definition) is 4. The van der Waals surface area contributed by atoms with Gasteiger partial charge in [0.15, 0.2) is 0 Å². The second-order valence-electron chi connectivity index (χ2n) is 7.59. The topological polar surface area (TPSA) is 72.2 Å². The number of rotatable bonds is 4. The summed E-state index contributed by atoms with van der Waals surface area (Å²) in [5.74, 6) is -1.32. The van der Waals surface area contributed by atoms with Crippen LogP contribution < -0.4 is 0 Å². The number of thiophene rings is 1. The molecule has 0 radical (unpaired) electrons. The van der Waals surface area contributed by atoms with Gasteiger partial charge in [-0.2, -0.15) is 9.78 Å². The Hall–Kier alpha value is -3.74. The van der Waals surface area contributed by atoms with E-state index in [0.29, 0.717) is 21.8 Å². The number of halogens is 1. The van der Waals surface area contributed by atoms with Crippen LogP contribution in [0, 0.1) is 6.92 Å². The third-order valence-corrected chi connectivity index (χ3v) is 6.75. The first-order chi connectivity index (χ1) is 15.9. The van der Waals surface area contributed by atoms with Gasteiger partial charge in [-0.05, 0) is 59.8 Å². The first-order valence-corrected chi connectivity index (χ1v) is 11.4. The maximum Gasteiger partial charge on any atom is 0.335 e. The molecule has 162 valence electrons. The van der Waals surface area contributed by atoms with Crippen molar-refractivity contribution in [2.75, 3.05) is 0 Å². The Morgan fingerprint density at radius 1 is 0.970 bits per heavy atom. The van der Waals surface area contributed by atoms with Gasteiger partial charge in [0.1, 0.15) is 5.69 Å². The number of carbonyl (C=O) groups excluding carboxylic acids is 1. The highest BCUT2D eigenvalue weighted by Gasteiger charge is 2.22. The Morgan fingerprint density at radius 3 is 2.39 bits per heavy atom. The van der Waals surface area contributed by atoms with Gasteiger partial charge in [0.25, 0.3) is 5.91 Å². The Morgan fingerprint density at radius 2 is 1.73 bits per heavy atom. The Balaban J connectivity index is 1.74. The van der Waals surface area contributed by atoms with Crippen molar-refractivity contribution in [1.82, 2.24) is 9.78 Å². The van der Waals surface area contributed by atoms with E-state index in [-0.39, 0.29) is 11.5 Å². The molecule has 5 rings (SSSR count). The zero-order valence-electron chi connectivity index (χ0n) is 17.4. The molecular weight excluding hydrogens is 456 g/mol. The van der Waals surface area contributed by atoms with Crippen LogP contribution in [0.3, 0.4) is 0 Å². The predicted molar refractivity (Wildman–Crippen MR) is 131 cm³/mol. The van der Waals surface area contributed by atoms with Gasteiger partial charge in [-0.15, -0.1) is 11.3 Å². The molecule has 7 heteroatoms. The quantitative estimate of drug-likeness (QED) is 0.313. The number of aromatic nitrogens is 2. The zero-order valence-corrected chi connectivity index (χ0v) is 19.0. The molecule has 2 heterocycles. The summed E-state index contributed by atoms with van der Waals surface area (Å²) in [6, 6.07) is 21.7. The SMILES string of the molecule is Cc1cccc(Cl)c1C(=O)n1nc(-c2ccc(C(=O)O)cc2)c2ccc(-c3cccs3)cc21. The highest BCUT2D eigenvalue weighted by molar-refractivity contribution is 7.13. The number of fused-ring (bicyclic) bond motifs is 1. The van der Waals surface area contributed by atoms with Crippen LogP contribution in [-0.2, 0) is 0 Å². The molecule has 1 N–H and O–H groups in total. The van der Waals surface area contributed by atoms with Crippen LogP contribution in [0.2, 0.25) is 5.02 Å². The average Bonchev–Trinajstić information content (AvgIpc) is 3.47. The molecule has 0 spiro atoms. The molecule has 0 fully saturated rings. The van der Waals surface area contributed by atoms with E-state index in [9.17, 15) is 14.7 Å². The molecule has 0 unspecified atom stereocenters. The predicted octanol–water partition coefficient (Wildman–Crippen LogP) is 6.78. The Kier molecular flexibility index (Phi) is 5.32. The maximum absolute atomic E-state index is 13.6. The molecule has 33 heavy (non-hydrogen) atoms. The van der Waals surface area contributed by atoms with Crippen molar-refractivity contribution >= 4 is 45.7 Å². The molecule has 5 nitrogen and oxygen atoms in total. The fraction of sp³-hybridized carbons (Fsp3) is 0.0385. The highest BCUT2D eigenvalue weighted by Crippen LogP contribution is 2.34. The van der Waals surface area contributed by atoms with Crippen LogP contribution in [0.15, 0.2) is 78.2 Å². The van der Waals surface area contributed by atoms with Gasteiger partial charge in [-0.1, -0.05) is 48.0 Å². The summed E-state index contributed by atoms with van der Waals surface area (Å²) in [5.41, 5.74) is 4.30. The number of carboxylic acid groups (broad SMARTS) is 1. The lowest BCUT2D eigenvalue weighted by Gasteiger charge is -2.08. The molecule has 0 bridgehead atoms. The largest absolute Gasteiger partial charge is 0.478 e. The molecule has 0 aliphatic carbocycles. The lowest BCUT2D eigenvalue weighted by atomic mass is 10.0. The molecule has 2 aromatic heterocycles. The monoisotopic (exact) mass is 472 g/mol. The molecule has 0 atom stereocenters. The third-order valence-electron chi connectivity index (χ3n) is 5.52. The van der Waals surface area contributed by atoms with E-state index in [4.69, 9.17) is 11.6 Å². The molecule has 5 aromatic rings. The van der Waals surface area contributed by atoms with Crippen molar-refractivity contribution in [3.63, 3.8) is 0 Å². The van der Waals surface area contributed by atoms with Gasteiger partial charge in [-0.25, -0.2) is 4.79 Å². The van der Waals surface area contributed by atoms with Crippen molar-refractivity contribution in [1.29, 1.82) is 0 Å². The average molecular weight is 473 g/mol. The van der Waals surface area contributed by atoms with Crippen molar-refractivity contribution in [3.8, 4) is 21.7 Å². The standard InChI is InChI=1S/C26H17ClN2O3S/c1-15-4-2-5-20(27)23(15)25(30)29-21-14-18(22-6-3-13-33-22)11-12-19(21)24(28-29)16-7-9-17(10-8-16)26(31)32/h2-14H,1H3,(H,31,32). The molecule has 0 amide bonds. The number of nitrogens with zero attached hydrogens (tertiary/aromatic N) is 2. The van der Waals surface area contributed by atoms with E-state index in [1.165, 1.54) is 16.8 Å². The van der Waals surface area contributed by atoms with E-state index in [0.717, 1.165) is 27.0 Å². The molecule has 3 aromatic carbocycles. The van der Waals surface area contributed by atoms with E-state index >= 15 is 0 Å². The van der Waals surface area contributed by atoms with Gasteiger partial charge in [0, 0.05) is 15.8 Å². The van der Waals surface area contributed by atoms with Crippen molar-refractivity contribution < 1.29 is 14.7 Å². The zero-order chi connectivity index (χ0) is 23.1. The normalized spacial score (nSPS) is 11.1. The van der Waals surface area contributed by atoms with Crippen LogP contribution in [0.4, 0.5) is 0 Å². The Labute approximate surface area is 198 Å². The second-order valence-corrected chi connectivity index (χ2v) is 8.94. The fourth-order valence-corrected chi connectivity index (χ4v) is 4.88. The molecule has 0 aliphatic rings. The smallest absolute Gasteiger partial charge is 0.335 e. The summed E-state index contributed by atoms with van der Waals surface area (Å²) in [5, 5.41) is 17.1. The van der Waals surface area contributed by atoms with Gasteiger partial charge in [0.2, 0.25) is 0 Å². The number of benzene rings is 3. The number of carbonyl (C=O) groups is 2. The number of carboxylic acids is 1. The number of hydrogen-bond donors (Lipinski definition) is 1. The minimum Gasteiger partial charge on any atom is -0.478 e. The van der Waals surface area contributed by atoms with Crippen LogP contribution in [0.5, 0.6) is 0 Å². The Bertz CT molecular complexity index is 1500. The number of aromatic carboxylic acids is 1. The van der Waals surface area contributed by atoms with Gasteiger partial charge >= 0.3 is 5.97 Å². The van der Waals surface area contributed by atoms with Gasteiger partial charge < -0.3 is 5.11 Å². The summed E-state index contributed by atoms with van der Waals surface area (Å²) >= 11 is 8.01. The fourth-order valence-electron chi connectivity index (χ4n) is 3.86. The highest BCUT2D eigenvalue weighted by atomic mass is 35.5. The molecular formula is C26H17ClN2O3S. The lowest BCUT2D eigenvalue weighted by Crippen LogP contribution is -2.15. The molecule has 0 saturated heterocycles. The van der Waals surface area contributed by atoms with Crippen LogP contribution >= 0.6 is 22.9 Å². The van der Waals surface area contributed by atoms with E-state index < -0.39 is 5.97 Å². The summed E-state index contributed by atoms with van der Waals surface area (Å²) in [4.78, 5) is 26.0. The molecule has 0 aliphatic heterocycles. The van der Waals surface area contributed by atoms with Crippen molar-refractivity contribution in [3.05, 3.63) is 99.9 Å². The minimum absolute atomic E-state index is 0.185. The summed E-state index contributed by atoms with van der Waals surface area (Å²) in [6.07, 6.45) is 0. The van der Waals surface area contributed by atoms with Crippen molar-refractivity contribution in [2.24, 2.45) is 0 Å². The summed E-state index contributed by atoms with van der Waals surface area (Å²) in [7, 11) is 0. The summed E-state index contributed by atoms with van der Waals surface area (Å²) < 4.78 is 1.39. The first-order valence-electron chi connectivity index (χ1n) is 10.1. The summed E-state index contributed by atoms with van der Waals surface area (Å²) in [6.45, 7) is 1.84. The van der Waals surface area contributed by atoms with Crippen molar-refractivity contribution in [2.45, 2.75) is 6.92 Å². The van der Waals surface area contributed by atoms with Gasteiger partial charge in [0.05, 0.1) is 21.7 Å². The molecule has 0 saturated carbocycles. The lowest BCUT2D eigenvalue weighted by molar-refractivity contribution is 0.0696. The third kappa shape index (κ3) is 3.73. The maximum atomic E-state index is 13.6. The van der Waals surface area contributed by atoms with E-state index in [1.54, 1.807) is 35.6 Å². The van der Waals surface area contributed by atoms with E-state index in [1.807, 2.05) is 48.7 Å².